The minimum Gasteiger partial charge on any atom is -0.396 e. The van der Waals surface area contributed by atoms with Gasteiger partial charge < -0.3 is 10.4 Å². The standard InChI is InChI=1S/C11H15NO/c13-6-2-5-9-3-1-4-10-7-12-8-11(9)10/h1,3-4,12-13H,2,5-8H2. The third-order valence-corrected chi connectivity index (χ3v) is 2.59. The summed E-state index contributed by atoms with van der Waals surface area (Å²) in [5.74, 6) is 0. The summed E-state index contributed by atoms with van der Waals surface area (Å²) in [4.78, 5) is 0. The van der Waals surface area contributed by atoms with Gasteiger partial charge in [-0.15, -0.1) is 0 Å². The fourth-order valence-corrected chi connectivity index (χ4v) is 1.91. The molecule has 70 valence electrons. The fraction of sp³-hybridized carbons (Fsp3) is 0.455. The molecule has 2 N–H and O–H groups in total. The van der Waals surface area contributed by atoms with Crippen LogP contribution in [-0.4, -0.2) is 11.7 Å². The molecule has 0 unspecified atom stereocenters. The van der Waals surface area contributed by atoms with Crippen molar-refractivity contribution in [3.8, 4) is 0 Å². The van der Waals surface area contributed by atoms with Gasteiger partial charge in [-0.05, 0) is 29.5 Å². The number of rotatable bonds is 3. The van der Waals surface area contributed by atoms with E-state index in [1.165, 1.54) is 16.7 Å². The second kappa shape index (κ2) is 3.90. The van der Waals surface area contributed by atoms with E-state index in [9.17, 15) is 0 Å². The Morgan fingerprint density at radius 2 is 2.23 bits per heavy atom. The third-order valence-electron chi connectivity index (χ3n) is 2.59. The van der Waals surface area contributed by atoms with Crippen molar-refractivity contribution in [2.24, 2.45) is 0 Å². The van der Waals surface area contributed by atoms with E-state index in [-0.39, 0.29) is 6.61 Å². The van der Waals surface area contributed by atoms with Gasteiger partial charge in [0.2, 0.25) is 0 Å². The number of aliphatic hydroxyl groups excluding tert-OH is 1. The molecule has 0 atom stereocenters. The predicted octanol–water partition coefficient (Wildman–Crippen LogP) is 1.21. The van der Waals surface area contributed by atoms with E-state index in [0.29, 0.717) is 0 Å². The van der Waals surface area contributed by atoms with Gasteiger partial charge in [0.15, 0.2) is 0 Å². The van der Waals surface area contributed by atoms with Crippen molar-refractivity contribution in [3.63, 3.8) is 0 Å². The molecule has 2 rings (SSSR count). The molecule has 0 aromatic heterocycles. The van der Waals surface area contributed by atoms with Crippen LogP contribution in [0.4, 0.5) is 0 Å². The van der Waals surface area contributed by atoms with Crippen molar-refractivity contribution in [1.82, 2.24) is 5.32 Å². The quantitative estimate of drug-likeness (QED) is 0.727. The lowest BCUT2D eigenvalue weighted by Crippen LogP contribution is -2.01. The molecular formula is C11H15NO. The minimum absolute atomic E-state index is 0.289. The third kappa shape index (κ3) is 1.74. The molecule has 0 spiro atoms. The van der Waals surface area contributed by atoms with E-state index in [0.717, 1.165) is 25.9 Å². The lowest BCUT2D eigenvalue weighted by atomic mass is 10.00. The van der Waals surface area contributed by atoms with E-state index in [2.05, 4.69) is 23.5 Å². The lowest BCUT2D eigenvalue weighted by Gasteiger charge is -2.05. The first-order valence-corrected chi connectivity index (χ1v) is 4.83. The van der Waals surface area contributed by atoms with E-state index in [1.54, 1.807) is 0 Å². The number of aryl methyl sites for hydroxylation is 1. The van der Waals surface area contributed by atoms with Crippen LogP contribution in [0.5, 0.6) is 0 Å². The Bertz CT molecular complexity index is 296. The van der Waals surface area contributed by atoms with Gasteiger partial charge >= 0.3 is 0 Å². The highest BCUT2D eigenvalue weighted by Crippen LogP contribution is 2.20. The fourth-order valence-electron chi connectivity index (χ4n) is 1.91. The van der Waals surface area contributed by atoms with Crippen molar-refractivity contribution < 1.29 is 5.11 Å². The highest BCUT2D eigenvalue weighted by molar-refractivity contribution is 5.37. The number of aliphatic hydroxyl groups is 1. The summed E-state index contributed by atoms with van der Waals surface area (Å²) in [7, 11) is 0. The Morgan fingerprint density at radius 1 is 1.31 bits per heavy atom. The first-order valence-electron chi connectivity index (χ1n) is 4.83. The molecule has 0 amide bonds. The number of hydrogen-bond donors (Lipinski definition) is 2. The molecule has 0 radical (unpaired) electrons. The van der Waals surface area contributed by atoms with E-state index >= 15 is 0 Å². The summed E-state index contributed by atoms with van der Waals surface area (Å²) in [6.45, 7) is 2.29. The second-order valence-corrected chi connectivity index (χ2v) is 3.49. The number of fused-ring (bicyclic) bond motifs is 1. The van der Waals surface area contributed by atoms with Crippen molar-refractivity contribution in [1.29, 1.82) is 0 Å². The molecule has 0 bridgehead atoms. The second-order valence-electron chi connectivity index (χ2n) is 3.49. The molecular weight excluding hydrogens is 162 g/mol. The van der Waals surface area contributed by atoms with Crippen LogP contribution in [0, 0.1) is 0 Å². The van der Waals surface area contributed by atoms with Crippen LogP contribution in [0.15, 0.2) is 18.2 Å². The zero-order valence-electron chi connectivity index (χ0n) is 7.71. The number of nitrogens with one attached hydrogen (secondary N) is 1. The topological polar surface area (TPSA) is 32.3 Å². The predicted molar refractivity (Wildman–Crippen MR) is 52.4 cm³/mol. The van der Waals surface area contributed by atoms with Crippen molar-refractivity contribution >= 4 is 0 Å². The number of benzene rings is 1. The van der Waals surface area contributed by atoms with Crippen LogP contribution in [-0.2, 0) is 19.5 Å². The highest BCUT2D eigenvalue weighted by atomic mass is 16.2. The Hall–Kier alpha value is -0.860. The van der Waals surface area contributed by atoms with Crippen molar-refractivity contribution in [2.45, 2.75) is 25.9 Å². The maximum Gasteiger partial charge on any atom is 0.0434 e. The smallest absolute Gasteiger partial charge is 0.0434 e. The largest absolute Gasteiger partial charge is 0.396 e. The van der Waals surface area contributed by atoms with Crippen LogP contribution in [0.1, 0.15) is 23.1 Å². The Labute approximate surface area is 78.6 Å². The first kappa shape index (κ1) is 8.73. The zero-order chi connectivity index (χ0) is 9.10. The molecule has 2 nitrogen and oxygen atoms in total. The molecule has 2 heteroatoms. The molecule has 0 saturated carbocycles. The summed E-state index contributed by atoms with van der Waals surface area (Å²) in [5, 5.41) is 12.1. The lowest BCUT2D eigenvalue weighted by molar-refractivity contribution is 0.288. The SMILES string of the molecule is OCCCc1cccc2c1CNC2. The van der Waals surface area contributed by atoms with Crippen molar-refractivity contribution in [3.05, 3.63) is 34.9 Å². The molecule has 13 heavy (non-hydrogen) atoms. The Balaban J connectivity index is 2.20. The molecule has 1 aliphatic rings. The molecule has 1 aromatic carbocycles. The minimum atomic E-state index is 0.289. The van der Waals surface area contributed by atoms with Crippen LogP contribution in [0.25, 0.3) is 0 Å². The van der Waals surface area contributed by atoms with Crippen LogP contribution < -0.4 is 5.32 Å². The van der Waals surface area contributed by atoms with Crippen molar-refractivity contribution in [2.75, 3.05) is 6.61 Å². The Morgan fingerprint density at radius 3 is 3.08 bits per heavy atom. The van der Waals surface area contributed by atoms with Gasteiger partial charge in [-0.25, -0.2) is 0 Å². The summed E-state index contributed by atoms with van der Waals surface area (Å²) < 4.78 is 0. The van der Waals surface area contributed by atoms with Gasteiger partial charge in [0, 0.05) is 19.7 Å². The summed E-state index contributed by atoms with van der Waals surface area (Å²) >= 11 is 0. The molecule has 1 aliphatic heterocycles. The number of hydrogen-bond acceptors (Lipinski definition) is 2. The summed E-state index contributed by atoms with van der Waals surface area (Å²) in [6, 6.07) is 6.46. The molecule has 0 aliphatic carbocycles. The van der Waals surface area contributed by atoms with Gasteiger partial charge in [0.25, 0.3) is 0 Å². The van der Waals surface area contributed by atoms with E-state index < -0.39 is 0 Å². The van der Waals surface area contributed by atoms with Crippen LogP contribution >= 0.6 is 0 Å². The van der Waals surface area contributed by atoms with Crippen LogP contribution in [0.2, 0.25) is 0 Å². The summed E-state index contributed by atoms with van der Waals surface area (Å²) in [5.41, 5.74) is 4.28. The van der Waals surface area contributed by atoms with Gasteiger partial charge in [0.1, 0.15) is 0 Å². The first-order chi connectivity index (χ1) is 6.42. The molecule has 0 saturated heterocycles. The van der Waals surface area contributed by atoms with E-state index in [1.807, 2.05) is 0 Å². The maximum atomic E-state index is 8.76. The van der Waals surface area contributed by atoms with Gasteiger partial charge in [-0.3, -0.25) is 0 Å². The van der Waals surface area contributed by atoms with Gasteiger partial charge in [0.05, 0.1) is 0 Å². The van der Waals surface area contributed by atoms with Crippen LogP contribution in [0.3, 0.4) is 0 Å². The van der Waals surface area contributed by atoms with Gasteiger partial charge in [-0.2, -0.15) is 0 Å². The molecule has 1 heterocycles. The van der Waals surface area contributed by atoms with E-state index in [4.69, 9.17) is 5.11 Å². The van der Waals surface area contributed by atoms with Gasteiger partial charge in [-0.1, -0.05) is 18.2 Å². The maximum absolute atomic E-state index is 8.76. The highest BCUT2D eigenvalue weighted by Gasteiger charge is 2.12. The molecule has 0 fully saturated rings. The molecule has 1 aromatic rings. The average Bonchev–Trinajstić information content (AvgIpc) is 2.62. The normalized spacial score (nSPS) is 14.5. The monoisotopic (exact) mass is 177 g/mol. The zero-order valence-corrected chi connectivity index (χ0v) is 7.71. The Kier molecular flexibility index (Phi) is 2.62. The average molecular weight is 177 g/mol. The summed E-state index contributed by atoms with van der Waals surface area (Å²) in [6.07, 6.45) is 1.87.